The lowest BCUT2D eigenvalue weighted by atomic mass is 9.96. The van der Waals surface area contributed by atoms with Crippen LogP contribution in [0.3, 0.4) is 0 Å². The lowest BCUT2D eigenvalue weighted by Crippen LogP contribution is -2.11. The summed E-state index contributed by atoms with van der Waals surface area (Å²) in [5, 5.41) is 10.1. The van der Waals surface area contributed by atoms with Crippen molar-refractivity contribution in [3.63, 3.8) is 0 Å². The average Bonchev–Trinajstić information content (AvgIpc) is 4.04. The number of rotatable bonds is 9. The highest BCUT2D eigenvalue weighted by Gasteiger charge is 2.24. The number of nitrogens with zero attached hydrogens (tertiary/aromatic N) is 2. The molecule has 12 aromatic carbocycles. The monoisotopic (exact) mass is 952 g/mol. The van der Waals surface area contributed by atoms with Crippen LogP contribution in [0.15, 0.2) is 267 Å². The van der Waals surface area contributed by atoms with E-state index in [1.54, 1.807) is 0 Å². The van der Waals surface area contributed by atoms with Gasteiger partial charge in [0, 0.05) is 53.4 Å². The number of fused-ring (bicyclic) bond motifs is 9. The van der Waals surface area contributed by atoms with Crippen molar-refractivity contribution in [1.82, 2.24) is 0 Å². The van der Waals surface area contributed by atoms with E-state index in [-0.39, 0.29) is 0 Å². The molecule has 0 unspecified atom stereocenters. The molecule has 0 amide bonds. The largest absolute Gasteiger partial charge is 0.309 e. The fourth-order valence-electron chi connectivity index (χ4n) is 10.9. The molecule has 4 heteroatoms. The lowest BCUT2D eigenvalue weighted by Gasteiger charge is -2.29. The normalized spacial score (nSPS) is 11.6. The second kappa shape index (κ2) is 17.6. The zero-order chi connectivity index (χ0) is 47.5. The number of thiophene rings is 2. The first kappa shape index (κ1) is 42.1. The maximum Gasteiger partial charge on any atom is 0.0646 e. The van der Waals surface area contributed by atoms with Crippen molar-refractivity contribution in [2.75, 3.05) is 9.80 Å². The van der Waals surface area contributed by atoms with Crippen molar-refractivity contribution >= 4 is 119 Å². The Morgan fingerprint density at radius 1 is 0.250 bits per heavy atom. The van der Waals surface area contributed by atoms with Crippen LogP contribution in [0.4, 0.5) is 34.1 Å². The van der Waals surface area contributed by atoms with Crippen LogP contribution in [0, 0.1) is 0 Å². The summed E-state index contributed by atoms with van der Waals surface area (Å²) in [6, 6.07) is 98.0. The number of hydrogen-bond acceptors (Lipinski definition) is 4. The molecule has 0 saturated carbocycles. The molecule has 0 fully saturated rings. The summed E-state index contributed by atoms with van der Waals surface area (Å²) < 4.78 is 5.10. The smallest absolute Gasteiger partial charge is 0.0646 e. The van der Waals surface area contributed by atoms with Crippen molar-refractivity contribution in [3.8, 4) is 33.4 Å². The highest BCUT2D eigenvalue weighted by Crippen LogP contribution is 2.51. The quantitative estimate of drug-likeness (QED) is 0.142. The van der Waals surface area contributed by atoms with Gasteiger partial charge < -0.3 is 9.80 Å². The Hall–Kier alpha value is -8.80. The molecule has 0 aliphatic carbocycles. The van der Waals surface area contributed by atoms with Crippen LogP contribution in [0.1, 0.15) is 0 Å². The fourth-order valence-corrected chi connectivity index (χ4v) is 13.3. The Labute approximate surface area is 426 Å². The molecule has 2 aromatic heterocycles. The van der Waals surface area contributed by atoms with E-state index in [0.717, 1.165) is 45.3 Å². The SMILES string of the molecule is c1ccc(-c2ccc(N(c3cccc(-c4cccc(N(c5ccc(-c6ccccc6)c6ccccc56)c5cccc6c5sc5ccccc56)c4)c3)c3cc4ccccc4c4c3sc3ccccc34)cc2)cc1. The molecule has 0 radical (unpaired) electrons. The van der Waals surface area contributed by atoms with Crippen molar-refractivity contribution in [2.24, 2.45) is 0 Å². The van der Waals surface area contributed by atoms with Gasteiger partial charge in [-0.15, -0.1) is 22.7 Å². The Kier molecular flexibility index (Phi) is 10.3. The predicted molar refractivity (Wildman–Crippen MR) is 313 cm³/mol. The van der Waals surface area contributed by atoms with Gasteiger partial charge in [0.25, 0.3) is 0 Å². The van der Waals surface area contributed by atoms with Gasteiger partial charge in [-0.2, -0.15) is 0 Å². The van der Waals surface area contributed by atoms with Crippen LogP contribution in [-0.4, -0.2) is 0 Å². The topological polar surface area (TPSA) is 6.48 Å². The molecule has 338 valence electrons. The number of benzene rings is 12. The minimum Gasteiger partial charge on any atom is -0.309 e. The highest BCUT2D eigenvalue weighted by molar-refractivity contribution is 7.27. The molecule has 0 spiro atoms. The summed E-state index contributed by atoms with van der Waals surface area (Å²) in [7, 11) is 0. The molecular formula is C68H44N2S2. The van der Waals surface area contributed by atoms with Crippen molar-refractivity contribution in [3.05, 3.63) is 267 Å². The van der Waals surface area contributed by atoms with E-state index in [1.807, 2.05) is 22.7 Å². The Morgan fingerprint density at radius 2 is 0.778 bits per heavy atom. The average molecular weight is 953 g/mol. The van der Waals surface area contributed by atoms with Crippen LogP contribution >= 0.6 is 22.7 Å². The van der Waals surface area contributed by atoms with Crippen LogP contribution < -0.4 is 9.80 Å². The molecular weight excluding hydrogens is 909 g/mol. The molecule has 14 rings (SSSR count). The molecule has 0 aliphatic rings. The Bertz CT molecular complexity index is 4340. The van der Waals surface area contributed by atoms with Crippen molar-refractivity contribution in [2.45, 2.75) is 0 Å². The zero-order valence-corrected chi connectivity index (χ0v) is 40.7. The van der Waals surface area contributed by atoms with Crippen molar-refractivity contribution in [1.29, 1.82) is 0 Å². The first-order chi connectivity index (χ1) is 35.7. The second-order valence-corrected chi connectivity index (χ2v) is 20.5. The van der Waals surface area contributed by atoms with Gasteiger partial charge in [0.2, 0.25) is 0 Å². The maximum absolute atomic E-state index is 2.50. The summed E-state index contributed by atoms with van der Waals surface area (Å²) in [5.41, 5.74) is 13.8. The third-order valence-electron chi connectivity index (χ3n) is 14.2. The Balaban J connectivity index is 0.960. The number of anilines is 6. The zero-order valence-electron chi connectivity index (χ0n) is 39.1. The van der Waals surface area contributed by atoms with Crippen LogP contribution in [0.25, 0.3) is 95.3 Å². The number of hydrogen-bond donors (Lipinski definition) is 0. The van der Waals surface area contributed by atoms with Gasteiger partial charge in [0.1, 0.15) is 0 Å². The second-order valence-electron chi connectivity index (χ2n) is 18.4. The Morgan fingerprint density at radius 3 is 1.51 bits per heavy atom. The van der Waals surface area contributed by atoms with E-state index in [1.165, 1.54) is 84.1 Å². The molecule has 0 aliphatic heterocycles. The third kappa shape index (κ3) is 7.14. The minimum atomic E-state index is 1.09. The molecule has 2 nitrogen and oxygen atoms in total. The van der Waals surface area contributed by atoms with Gasteiger partial charge in [-0.1, -0.05) is 200 Å². The molecule has 0 N–H and O–H groups in total. The van der Waals surface area contributed by atoms with Crippen LogP contribution in [0.2, 0.25) is 0 Å². The first-order valence-electron chi connectivity index (χ1n) is 24.5. The predicted octanol–water partition coefficient (Wildman–Crippen LogP) is 20.7. The lowest BCUT2D eigenvalue weighted by molar-refractivity contribution is 1.30. The van der Waals surface area contributed by atoms with Gasteiger partial charge in [-0.25, -0.2) is 0 Å². The first-order valence-corrected chi connectivity index (χ1v) is 26.1. The molecule has 0 saturated heterocycles. The summed E-state index contributed by atoms with van der Waals surface area (Å²) >= 11 is 3.75. The van der Waals surface area contributed by atoms with E-state index in [0.29, 0.717) is 0 Å². The fraction of sp³-hybridized carbons (Fsp3) is 0. The van der Waals surface area contributed by atoms with Gasteiger partial charge in [0.15, 0.2) is 0 Å². The van der Waals surface area contributed by atoms with E-state index in [4.69, 9.17) is 0 Å². The molecule has 14 aromatic rings. The van der Waals surface area contributed by atoms with E-state index >= 15 is 0 Å². The summed E-state index contributed by atoms with van der Waals surface area (Å²) in [6.45, 7) is 0. The summed E-state index contributed by atoms with van der Waals surface area (Å²) in [5.74, 6) is 0. The van der Waals surface area contributed by atoms with Gasteiger partial charge in [0.05, 0.1) is 26.5 Å². The molecule has 72 heavy (non-hydrogen) atoms. The van der Waals surface area contributed by atoms with Gasteiger partial charge in [-0.05, 0) is 116 Å². The van der Waals surface area contributed by atoms with Gasteiger partial charge >= 0.3 is 0 Å². The summed E-state index contributed by atoms with van der Waals surface area (Å²) in [6.07, 6.45) is 0. The molecule has 2 heterocycles. The van der Waals surface area contributed by atoms with Crippen LogP contribution in [0.5, 0.6) is 0 Å². The molecule has 0 bridgehead atoms. The maximum atomic E-state index is 2.50. The van der Waals surface area contributed by atoms with Crippen molar-refractivity contribution < 1.29 is 0 Å². The molecule has 0 atom stereocenters. The van der Waals surface area contributed by atoms with Gasteiger partial charge in [-0.3, -0.25) is 0 Å². The minimum absolute atomic E-state index is 1.09. The highest BCUT2D eigenvalue weighted by atomic mass is 32.1. The van der Waals surface area contributed by atoms with E-state index < -0.39 is 0 Å². The van der Waals surface area contributed by atoms with E-state index in [9.17, 15) is 0 Å². The standard InChI is InChI=1S/C68H44N2S2/c1-3-18-45(19-4-1)46-36-38-51(39-37-46)69(63-44-50-22-7-8-27-55(50)66-60-31-12-14-35-65(60)72-68(63)66)52-25-15-23-48(42-52)49-24-16-26-53(43-49)70(62-33-17-32-59-58-30-11-13-34-64(58)71-67(59)62)61-41-40-54(47-20-5-2-6-21-47)56-28-9-10-29-57(56)61/h1-44H. The third-order valence-corrected chi connectivity index (χ3v) is 16.6. The van der Waals surface area contributed by atoms with Crippen LogP contribution in [-0.2, 0) is 0 Å². The summed E-state index contributed by atoms with van der Waals surface area (Å²) in [4.78, 5) is 4.97. The van der Waals surface area contributed by atoms with E-state index in [2.05, 4.69) is 277 Å².